The molecule has 0 saturated carbocycles. The Labute approximate surface area is 210 Å². The van der Waals surface area contributed by atoms with Gasteiger partial charge in [0.05, 0.1) is 11.2 Å². The summed E-state index contributed by atoms with van der Waals surface area (Å²) < 4.78 is 12.9. The second-order valence-corrected chi connectivity index (χ2v) is 10.4. The van der Waals surface area contributed by atoms with E-state index in [1.165, 1.54) is 17.4 Å². The molecule has 2 aliphatic heterocycles. The van der Waals surface area contributed by atoms with E-state index in [-0.39, 0.29) is 35.1 Å². The summed E-state index contributed by atoms with van der Waals surface area (Å²) in [6.45, 7) is 4.42. The fraction of sp³-hybridized carbons (Fsp3) is 0.333. The van der Waals surface area contributed by atoms with Crippen LogP contribution < -0.4 is 20.1 Å². The first kappa shape index (κ1) is 22.3. The number of hydrogen-bond acceptors (Lipinski definition) is 9. The van der Waals surface area contributed by atoms with Crippen LogP contribution in [0, 0.1) is 0 Å². The Morgan fingerprint density at radius 2 is 2.06 bits per heavy atom. The normalized spacial score (nSPS) is 20.4. The smallest absolute Gasteiger partial charge is 0.321 e. The summed E-state index contributed by atoms with van der Waals surface area (Å²) in [4.78, 5) is 28.8. The van der Waals surface area contributed by atoms with Gasteiger partial charge in [-0.1, -0.05) is 11.6 Å². The number of ether oxygens (including phenoxy) is 2. The van der Waals surface area contributed by atoms with Crippen LogP contribution in [0.3, 0.4) is 0 Å². The van der Waals surface area contributed by atoms with Gasteiger partial charge in [0.1, 0.15) is 16.1 Å². The summed E-state index contributed by atoms with van der Waals surface area (Å²) in [7, 11) is 2.05. The van der Waals surface area contributed by atoms with Crippen molar-refractivity contribution in [2.24, 2.45) is 0 Å². The second kappa shape index (κ2) is 8.78. The number of carbonyl (C=O) groups excluding carboxylic acids is 1. The summed E-state index contributed by atoms with van der Waals surface area (Å²) in [5, 5.41) is 8.62. The standard InChI is InChI=1S/C24H23ClN6O3S/c1-12-10-26-21-20-14-3-6-18(28-15(14)4-5-16(20)35-22(21)23(32)27-12)34-19-9-17(25)29-24(30-19)33-13-7-8-31(2)11-13/h3-6,9,12-13,26H,7-8,10-11H2,1-2H3,(H,27,32)/t12-,13-/m1/s1. The third-order valence-electron chi connectivity index (χ3n) is 6.15. The maximum absolute atomic E-state index is 12.6. The molecule has 0 bridgehead atoms. The summed E-state index contributed by atoms with van der Waals surface area (Å²) in [5.41, 5.74) is 1.61. The average molecular weight is 511 g/mol. The van der Waals surface area contributed by atoms with Crippen molar-refractivity contribution in [1.29, 1.82) is 0 Å². The number of hydrogen-bond donors (Lipinski definition) is 2. The van der Waals surface area contributed by atoms with Crippen molar-refractivity contribution in [3.63, 3.8) is 0 Å². The maximum atomic E-state index is 12.6. The van der Waals surface area contributed by atoms with Crippen LogP contribution in [0.15, 0.2) is 30.3 Å². The summed E-state index contributed by atoms with van der Waals surface area (Å²) in [5.74, 6) is 0.581. The number of amides is 1. The minimum absolute atomic E-state index is 0.0203. The summed E-state index contributed by atoms with van der Waals surface area (Å²) in [6.07, 6.45) is 0.928. The van der Waals surface area contributed by atoms with E-state index >= 15 is 0 Å². The Balaban J connectivity index is 1.31. The number of nitrogens with zero attached hydrogens (tertiary/aromatic N) is 4. The number of pyridine rings is 1. The lowest BCUT2D eigenvalue weighted by Gasteiger charge is -2.13. The van der Waals surface area contributed by atoms with Crippen LogP contribution in [0.1, 0.15) is 23.0 Å². The largest absolute Gasteiger partial charge is 0.459 e. The molecular weight excluding hydrogens is 488 g/mol. The number of aromatic nitrogens is 3. The quantitative estimate of drug-likeness (QED) is 0.392. The molecule has 6 rings (SSSR count). The highest BCUT2D eigenvalue weighted by Gasteiger charge is 2.25. The minimum atomic E-state index is -0.0531. The molecule has 35 heavy (non-hydrogen) atoms. The van der Waals surface area contributed by atoms with Crippen molar-refractivity contribution in [1.82, 2.24) is 25.2 Å². The van der Waals surface area contributed by atoms with Gasteiger partial charge in [-0.15, -0.1) is 11.3 Å². The molecule has 4 aromatic rings. The Morgan fingerprint density at radius 3 is 2.89 bits per heavy atom. The number of anilines is 1. The second-order valence-electron chi connectivity index (χ2n) is 8.92. The van der Waals surface area contributed by atoms with Crippen molar-refractivity contribution in [3.8, 4) is 17.8 Å². The van der Waals surface area contributed by atoms with Gasteiger partial charge in [0, 0.05) is 53.3 Å². The first-order valence-electron chi connectivity index (χ1n) is 11.4. The van der Waals surface area contributed by atoms with E-state index < -0.39 is 0 Å². The molecule has 0 radical (unpaired) electrons. The molecule has 1 amide bonds. The predicted octanol–water partition coefficient (Wildman–Crippen LogP) is 4.31. The van der Waals surface area contributed by atoms with Crippen molar-refractivity contribution < 1.29 is 14.3 Å². The Kier molecular flexibility index (Phi) is 5.58. The molecule has 9 nitrogen and oxygen atoms in total. The highest BCUT2D eigenvalue weighted by atomic mass is 35.5. The van der Waals surface area contributed by atoms with Gasteiger partial charge < -0.3 is 25.0 Å². The number of likely N-dealkylation sites (N-methyl/N-ethyl adjacent to an activating group) is 1. The van der Waals surface area contributed by atoms with E-state index in [1.54, 1.807) is 6.07 Å². The molecular formula is C24H23ClN6O3S. The topological polar surface area (TPSA) is 102 Å². The van der Waals surface area contributed by atoms with E-state index in [9.17, 15) is 4.79 Å². The van der Waals surface area contributed by atoms with Crippen molar-refractivity contribution in [2.45, 2.75) is 25.5 Å². The fourth-order valence-corrected chi connectivity index (χ4v) is 5.76. The first-order chi connectivity index (χ1) is 16.9. The lowest BCUT2D eigenvalue weighted by molar-refractivity contribution is 0.0949. The summed E-state index contributed by atoms with van der Waals surface area (Å²) >= 11 is 7.68. The predicted molar refractivity (Wildman–Crippen MR) is 136 cm³/mol. The lowest BCUT2D eigenvalue weighted by Crippen LogP contribution is -2.34. The van der Waals surface area contributed by atoms with Crippen LogP contribution in [0.4, 0.5) is 5.69 Å². The van der Waals surface area contributed by atoms with Gasteiger partial charge in [-0.3, -0.25) is 4.79 Å². The van der Waals surface area contributed by atoms with Gasteiger partial charge in [0.2, 0.25) is 11.8 Å². The van der Waals surface area contributed by atoms with Crippen LogP contribution in [0.2, 0.25) is 5.15 Å². The van der Waals surface area contributed by atoms with Crippen LogP contribution in [-0.4, -0.2) is 64.6 Å². The monoisotopic (exact) mass is 510 g/mol. The van der Waals surface area contributed by atoms with Gasteiger partial charge >= 0.3 is 6.01 Å². The number of fused-ring (bicyclic) bond motifs is 5. The van der Waals surface area contributed by atoms with E-state index in [0.29, 0.717) is 17.3 Å². The highest BCUT2D eigenvalue weighted by Crippen LogP contribution is 2.41. The third kappa shape index (κ3) is 4.33. The fourth-order valence-electron chi connectivity index (χ4n) is 4.49. The van der Waals surface area contributed by atoms with Crippen molar-refractivity contribution >= 4 is 55.5 Å². The average Bonchev–Trinajstić information content (AvgIpc) is 3.36. The molecule has 0 spiro atoms. The zero-order valence-corrected chi connectivity index (χ0v) is 20.7. The number of thiophene rings is 1. The molecule has 11 heteroatoms. The molecule has 3 aromatic heterocycles. The number of rotatable bonds is 4. The van der Waals surface area contributed by atoms with Crippen LogP contribution in [0.25, 0.3) is 21.0 Å². The number of halogens is 1. The van der Waals surface area contributed by atoms with Crippen LogP contribution in [-0.2, 0) is 0 Å². The van der Waals surface area contributed by atoms with Crippen LogP contribution >= 0.6 is 22.9 Å². The van der Waals surface area contributed by atoms with Gasteiger partial charge in [0.15, 0.2) is 0 Å². The minimum Gasteiger partial charge on any atom is -0.459 e. The van der Waals surface area contributed by atoms with E-state index in [2.05, 4.69) is 37.5 Å². The third-order valence-corrected chi connectivity index (χ3v) is 7.49. The molecule has 0 aliphatic carbocycles. The Morgan fingerprint density at radius 1 is 1.17 bits per heavy atom. The Bertz CT molecular complexity index is 1460. The summed E-state index contributed by atoms with van der Waals surface area (Å²) in [6, 6.07) is 9.43. The molecule has 1 fully saturated rings. The maximum Gasteiger partial charge on any atom is 0.321 e. The Hall–Kier alpha value is -3.21. The van der Waals surface area contributed by atoms with Gasteiger partial charge in [0.25, 0.3) is 5.91 Å². The molecule has 1 saturated heterocycles. The van der Waals surface area contributed by atoms with E-state index in [1.807, 2.05) is 25.1 Å². The van der Waals surface area contributed by atoms with Gasteiger partial charge in [-0.2, -0.15) is 9.97 Å². The first-order valence-corrected chi connectivity index (χ1v) is 12.6. The zero-order chi connectivity index (χ0) is 24.1. The van der Waals surface area contributed by atoms with E-state index in [0.717, 1.165) is 46.2 Å². The molecule has 180 valence electrons. The van der Waals surface area contributed by atoms with Crippen molar-refractivity contribution in [3.05, 3.63) is 40.4 Å². The van der Waals surface area contributed by atoms with E-state index in [4.69, 9.17) is 21.1 Å². The van der Waals surface area contributed by atoms with Crippen molar-refractivity contribution in [2.75, 3.05) is 32.0 Å². The van der Waals surface area contributed by atoms with Gasteiger partial charge in [-0.05, 0) is 38.6 Å². The number of nitrogens with one attached hydrogen (secondary N) is 2. The molecule has 0 unspecified atom stereocenters. The molecule has 2 N–H and O–H groups in total. The molecule has 2 aliphatic rings. The molecule has 1 aromatic carbocycles. The van der Waals surface area contributed by atoms with Gasteiger partial charge in [-0.25, -0.2) is 4.98 Å². The number of likely N-dealkylation sites (tertiary alicyclic amines) is 1. The number of benzene rings is 1. The zero-order valence-electron chi connectivity index (χ0n) is 19.2. The lowest BCUT2D eigenvalue weighted by atomic mass is 10.1. The number of carbonyl (C=O) groups is 1. The SMILES string of the molecule is C[C@@H]1CNc2c(sc3ccc4nc(Oc5cc(Cl)nc(O[C@@H]6CCN(C)C6)n5)ccc4c23)C(=O)N1. The molecule has 2 atom stereocenters. The molecule has 5 heterocycles. The van der Waals surface area contributed by atoms with Crippen LogP contribution in [0.5, 0.6) is 17.8 Å². The highest BCUT2D eigenvalue weighted by molar-refractivity contribution is 7.21.